The average Bonchev–Trinajstić information content (AvgIpc) is 2.13. The molecule has 2 rings (SSSR count). The molecule has 1 fully saturated rings. The Bertz CT molecular complexity index is 291. The van der Waals surface area contributed by atoms with Crippen LogP contribution in [-0.4, -0.2) is 17.3 Å². The van der Waals surface area contributed by atoms with Crippen molar-refractivity contribution in [2.75, 3.05) is 0 Å². The first-order valence-electron chi connectivity index (χ1n) is 4.82. The number of aryl methyl sites for hydroxylation is 1. The fourth-order valence-corrected chi connectivity index (χ4v) is 1.99. The minimum absolute atomic E-state index is 0.140. The predicted octanol–water partition coefficient (Wildman–Crippen LogP) is 2.54. The molecule has 0 unspecified atom stereocenters. The number of hydrogen-bond donors (Lipinski definition) is 1. The molecule has 1 aliphatic carbocycles. The van der Waals surface area contributed by atoms with Gasteiger partial charge in [-0.15, -0.1) is 0 Å². The van der Waals surface area contributed by atoms with Gasteiger partial charge in [0.15, 0.2) is 0 Å². The highest BCUT2D eigenvalue weighted by Gasteiger charge is 2.28. The molecule has 0 amide bonds. The van der Waals surface area contributed by atoms with E-state index in [1.54, 1.807) is 0 Å². The number of rotatable bonds is 3. The van der Waals surface area contributed by atoms with Crippen molar-refractivity contribution in [1.82, 2.24) is 0 Å². The lowest BCUT2D eigenvalue weighted by Gasteiger charge is -2.30. The van der Waals surface area contributed by atoms with Gasteiger partial charge in [0.05, 0.1) is 12.2 Å². The van der Waals surface area contributed by atoms with Gasteiger partial charge in [0.2, 0.25) is 0 Å². The number of benzene rings is 1. The molecular weight excluding hydrogens is 196 g/mol. The maximum atomic E-state index is 9.06. The standard InChI is InChI=1S/C11H14O2S/c1-8-2-4-11(5-3-8)14-13-10-6-9(12)7-10/h2-5,9-10,12H,6-7H2,1H3. The van der Waals surface area contributed by atoms with E-state index in [2.05, 4.69) is 31.2 Å². The SMILES string of the molecule is Cc1ccc(SOC2CC(O)C2)cc1. The van der Waals surface area contributed by atoms with Crippen molar-refractivity contribution in [1.29, 1.82) is 0 Å². The van der Waals surface area contributed by atoms with Gasteiger partial charge in [-0.25, -0.2) is 0 Å². The van der Waals surface area contributed by atoms with Crippen LogP contribution in [0.25, 0.3) is 0 Å². The van der Waals surface area contributed by atoms with Gasteiger partial charge in [-0.05, 0) is 19.1 Å². The van der Waals surface area contributed by atoms with Gasteiger partial charge in [-0.2, -0.15) is 0 Å². The highest BCUT2D eigenvalue weighted by atomic mass is 32.2. The van der Waals surface area contributed by atoms with E-state index in [0.29, 0.717) is 0 Å². The van der Waals surface area contributed by atoms with Gasteiger partial charge < -0.3 is 9.29 Å². The lowest BCUT2D eigenvalue weighted by atomic mass is 9.93. The van der Waals surface area contributed by atoms with Crippen molar-refractivity contribution in [2.45, 2.75) is 36.9 Å². The summed E-state index contributed by atoms with van der Waals surface area (Å²) in [6, 6.07) is 8.24. The van der Waals surface area contributed by atoms with Gasteiger partial charge in [0.1, 0.15) is 0 Å². The second-order valence-electron chi connectivity index (χ2n) is 3.74. The monoisotopic (exact) mass is 210 g/mol. The smallest absolute Gasteiger partial charge is 0.0776 e. The third kappa shape index (κ3) is 2.50. The zero-order chi connectivity index (χ0) is 9.97. The Morgan fingerprint density at radius 3 is 2.50 bits per heavy atom. The van der Waals surface area contributed by atoms with Gasteiger partial charge in [0, 0.05) is 29.8 Å². The minimum Gasteiger partial charge on any atom is -0.393 e. The summed E-state index contributed by atoms with van der Waals surface area (Å²) >= 11 is 1.40. The van der Waals surface area contributed by atoms with Crippen LogP contribution in [0.1, 0.15) is 18.4 Å². The molecule has 2 nitrogen and oxygen atoms in total. The summed E-state index contributed by atoms with van der Waals surface area (Å²) in [4.78, 5) is 1.12. The van der Waals surface area contributed by atoms with Crippen LogP contribution >= 0.6 is 12.0 Å². The third-order valence-electron chi connectivity index (χ3n) is 2.37. The second-order valence-corrected chi connectivity index (χ2v) is 4.57. The molecule has 0 heterocycles. The maximum Gasteiger partial charge on any atom is 0.0776 e. The Balaban J connectivity index is 1.78. The van der Waals surface area contributed by atoms with Crippen molar-refractivity contribution >= 4 is 12.0 Å². The molecule has 0 radical (unpaired) electrons. The average molecular weight is 210 g/mol. The highest BCUT2D eigenvalue weighted by molar-refractivity contribution is 7.94. The van der Waals surface area contributed by atoms with Gasteiger partial charge in [0.25, 0.3) is 0 Å². The highest BCUT2D eigenvalue weighted by Crippen LogP contribution is 2.30. The number of aliphatic hydroxyl groups is 1. The van der Waals surface area contributed by atoms with E-state index < -0.39 is 0 Å². The fraction of sp³-hybridized carbons (Fsp3) is 0.455. The summed E-state index contributed by atoms with van der Waals surface area (Å²) in [5, 5.41) is 9.06. The molecule has 1 N–H and O–H groups in total. The summed E-state index contributed by atoms with van der Waals surface area (Å²) in [5.41, 5.74) is 1.26. The molecule has 76 valence electrons. The van der Waals surface area contributed by atoms with E-state index in [0.717, 1.165) is 17.7 Å². The van der Waals surface area contributed by atoms with E-state index in [1.165, 1.54) is 17.6 Å². The minimum atomic E-state index is -0.140. The number of hydrogen-bond acceptors (Lipinski definition) is 3. The second kappa shape index (κ2) is 4.34. The maximum absolute atomic E-state index is 9.06. The molecule has 0 aromatic heterocycles. The lowest BCUT2D eigenvalue weighted by molar-refractivity contribution is -0.000898. The van der Waals surface area contributed by atoms with Crippen LogP contribution in [0.4, 0.5) is 0 Å². The Kier molecular flexibility index (Phi) is 3.11. The Hall–Kier alpha value is -0.510. The van der Waals surface area contributed by atoms with Crippen LogP contribution in [0, 0.1) is 6.92 Å². The molecule has 0 spiro atoms. The van der Waals surface area contributed by atoms with Crippen LogP contribution in [-0.2, 0) is 4.18 Å². The third-order valence-corrected chi connectivity index (χ3v) is 3.20. The van der Waals surface area contributed by atoms with E-state index >= 15 is 0 Å². The summed E-state index contributed by atoms with van der Waals surface area (Å²) in [5.74, 6) is 0. The van der Waals surface area contributed by atoms with Crippen molar-refractivity contribution in [3.8, 4) is 0 Å². The van der Waals surface area contributed by atoms with E-state index in [-0.39, 0.29) is 12.2 Å². The fourth-order valence-electron chi connectivity index (χ4n) is 1.33. The molecule has 1 aliphatic rings. The summed E-state index contributed by atoms with van der Waals surface area (Å²) in [6.45, 7) is 2.07. The Morgan fingerprint density at radius 2 is 1.93 bits per heavy atom. The quantitative estimate of drug-likeness (QED) is 0.777. The van der Waals surface area contributed by atoms with Crippen molar-refractivity contribution in [3.05, 3.63) is 29.8 Å². The first-order chi connectivity index (χ1) is 6.74. The van der Waals surface area contributed by atoms with Crippen LogP contribution in [0.5, 0.6) is 0 Å². The van der Waals surface area contributed by atoms with Crippen molar-refractivity contribution in [3.63, 3.8) is 0 Å². The van der Waals surface area contributed by atoms with E-state index in [1.807, 2.05) is 0 Å². The normalized spacial score (nSPS) is 25.9. The van der Waals surface area contributed by atoms with Crippen LogP contribution in [0.3, 0.4) is 0 Å². The molecular formula is C11H14O2S. The van der Waals surface area contributed by atoms with Crippen LogP contribution < -0.4 is 0 Å². The predicted molar refractivity (Wildman–Crippen MR) is 57.1 cm³/mol. The molecule has 1 aromatic carbocycles. The van der Waals surface area contributed by atoms with Crippen molar-refractivity contribution in [2.24, 2.45) is 0 Å². The topological polar surface area (TPSA) is 29.5 Å². The summed E-state index contributed by atoms with van der Waals surface area (Å²) < 4.78 is 5.53. The van der Waals surface area contributed by atoms with E-state index in [4.69, 9.17) is 9.29 Å². The molecule has 0 saturated heterocycles. The van der Waals surface area contributed by atoms with Crippen LogP contribution in [0.15, 0.2) is 29.2 Å². The first-order valence-corrected chi connectivity index (χ1v) is 5.56. The summed E-state index contributed by atoms with van der Waals surface area (Å²) in [6.07, 6.45) is 1.65. The lowest BCUT2D eigenvalue weighted by Crippen LogP contribution is -2.33. The zero-order valence-corrected chi connectivity index (χ0v) is 8.96. The molecule has 1 aromatic rings. The van der Waals surface area contributed by atoms with Crippen LogP contribution in [0.2, 0.25) is 0 Å². The first kappa shape index (κ1) is 10.0. The molecule has 0 aliphatic heterocycles. The largest absolute Gasteiger partial charge is 0.393 e. The molecule has 0 bridgehead atoms. The Morgan fingerprint density at radius 1 is 1.29 bits per heavy atom. The van der Waals surface area contributed by atoms with Crippen molar-refractivity contribution < 1.29 is 9.29 Å². The molecule has 3 heteroatoms. The van der Waals surface area contributed by atoms with E-state index in [9.17, 15) is 0 Å². The molecule has 0 atom stereocenters. The van der Waals surface area contributed by atoms with Gasteiger partial charge in [-0.3, -0.25) is 0 Å². The summed E-state index contributed by atoms with van der Waals surface area (Å²) in [7, 11) is 0. The number of aliphatic hydroxyl groups excluding tert-OH is 1. The zero-order valence-electron chi connectivity index (χ0n) is 8.14. The van der Waals surface area contributed by atoms with Gasteiger partial charge >= 0.3 is 0 Å². The molecule has 14 heavy (non-hydrogen) atoms. The van der Waals surface area contributed by atoms with Gasteiger partial charge in [-0.1, -0.05) is 17.7 Å². The molecule has 1 saturated carbocycles. The Labute approximate surface area is 88.5 Å².